The Morgan fingerprint density at radius 3 is 2.75 bits per heavy atom. The van der Waals surface area contributed by atoms with Gasteiger partial charge in [-0.2, -0.15) is 0 Å². The van der Waals surface area contributed by atoms with Gasteiger partial charge in [-0.25, -0.2) is 0 Å². The first kappa shape index (κ1) is 9.68. The lowest BCUT2D eigenvalue weighted by molar-refractivity contribution is -0.119. The number of hydrogen-bond donors (Lipinski definition) is 2. The van der Waals surface area contributed by atoms with E-state index in [0.717, 1.165) is 25.8 Å². The molecule has 0 amide bonds. The molecule has 0 aliphatic rings. The molecular weight excluding hydrogens is 152 g/mol. The molecule has 0 fully saturated rings. The lowest BCUT2D eigenvalue weighted by atomic mass is 10.1. The maximum absolute atomic E-state index is 11.1. The second kappa shape index (κ2) is 7.25. The molecule has 3 nitrogen and oxygen atoms in total. The third kappa shape index (κ3) is 5.27. The van der Waals surface area contributed by atoms with Crippen molar-refractivity contribution in [2.45, 2.75) is 32.2 Å². The monoisotopic (exact) mass is 173 g/mol. The van der Waals surface area contributed by atoms with E-state index in [9.17, 15) is 4.79 Å². The van der Waals surface area contributed by atoms with Gasteiger partial charge >= 0.3 is 0 Å². The number of nitrogens with one attached hydrogen (secondary N) is 2. The lowest BCUT2D eigenvalue weighted by Crippen LogP contribution is -2.32. The Balaban J connectivity index is 3.53. The molecule has 72 valence electrons. The van der Waals surface area contributed by atoms with Gasteiger partial charge in [-0.05, 0) is 40.4 Å². The van der Waals surface area contributed by atoms with Gasteiger partial charge in [-0.3, -0.25) is 4.79 Å². The summed E-state index contributed by atoms with van der Waals surface area (Å²) in [5, 5.41) is 6.00. The largest absolute Gasteiger partial charge is 0.320 e. The summed E-state index contributed by atoms with van der Waals surface area (Å²) in [6.45, 7) is 0.878. The maximum Gasteiger partial charge on any atom is 0.146 e. The smallest absolute Gasteiger partial charge is 0.146 e. The first-order valence-corrected chi connectivity index (χ1v) is 4.40. The molecule has 0 saturated heterocycles. The molecule has 3 heteroatoms. The normalized spacial score (nSPS) is 14.0. The molecule has 2 N–H and O–H groups in total. The average molecular weight is 173 g/mol. The lowest BCUT2D eigenvalue weighted by Gasteiger charge is -2.11. The van der Waals surface area contributed by atoms with Crippen LogP contribution >= 0.6 is 0 Å². The molecule has 12 heavy (non-hydrogen) atoms. The Hall–Kier alpha value is -0.410. The molecule has 0 rings (SSSR count). The van der Waals surface area contributed by atoms with E-state index >= 15 is 0 Å². The summed E-state index contributed by atoms with van der Waals surface area (Å²) in [5.41, 5.74) is 0. The number of likely N-dealkylation sites (N-methyl/N-ethyl adjacent to an activating group) is 1. The van der Waals surface area contributed by atoms with E-state index in [1.807, 2.05) is 7.05 Å². The first-order chi connectivity index (χ1) is 6.26. The number of carbonyl (C=O) groups excluding carboxylic acids is 1. The van der Waals surface area contributed by atoms with Crippen LogP contribution < -0.4 is 10.6 Å². The minimum Gasteiger partial charge on any atom is -0.320 e. The van der Waals surface area contributed by atoms with Crippen molar-refractivity contribution >= 4 is 5.78 Å². The van der Waals surface area contributed by atoms with Gasteiger partial charge in [0.25, 0.3) is 0 Å². The molecule has 0 heterocycles. The summed E-state index contributed by atoms with van der Waals surface area (Å²) >= 11 is 0. The molecule has 0 bridgehead atoms. The van der Waals surface area contributed by atoms with Crippen LogP contribution in [-0.2, 0) is 4.79 Å². The molecule has 0 aromatic heterocycles. The van der Waals surface area contributed by atoms with Crippen LogP contribution in [0.15, 0.2) is 0 Å². The predicted octanol–water partition coefficient (Wildman–Crippen LogP) is 0.553. The van der Waals surface area contributed by atoms with Gasteiger partial charge in [-0.1, -0.05) is 6.42 Å². The highest BCUT2D eigenvalue weighted by Gasteiger charge is 2.09. The Morgan fingerprint density at radius 1 is 1.50 bits per heavy atom. The van der Waals surface area contributed by atoms with Gasteiger partial charge in [0.2, 0.25) is 0 Å². The van der Waals surface area contributed by atoms with Crippen LogP contribution in [0, 0.1) is 0 Å². The number of ketones is 1. The third-order valence-corrected chi connectivity index (χ3v) is 1.91. The minimum absolute atomic E-state index is 0.00745. The summed E-state index contributed by atoms with van der Waals surface area (Å²) in [4.78, 5) is 11.1. The number of carbonyl (C=O) groups is 1. The van der Waals surface area contributed by atoms with E-state index in [0.29, 0.717) is 0 Å². The van der Waals surface area contributed by atoms with Gasteiger partial charge in [0.15, 0.2) is 0 Å². The number of rotatable bonds is 7. The van der Waals surface area contributed by atoms with Crippen molar-refractivity contribution in [3.05, 3.63) is 0 Å². The molecule has 0 saturated carbocycles. The van der Waals surface area contributed by atoms with Crippen LogP contribution in [-0.4, -0.2) is 32.5 Å². The first-order valence-electron chi connectivity index (χ1n) is 5.10. The van der Waals surface area contributed by atoms with E-state index in [-0.39, 0.29) is 18.7 Å². The Kier molecular flexibility index (Phi) is 5.85. The zero-order valence-electron chi connectivity index (χ0n) is 9.02. The Bertz CT molecular complexity index is 142. The molecule has 0 aromatic carbocycles. The van der Waals surface area contributed by atoms with Gasteiger partial charge in [0, 0.05) is 1.37 Å². The van der Waals surface area contributed by atoms with E-state index in [1.165, 1.54) is 0 Å². The van der Waals surface area contributed by atoms with Crippen LogP contribution in [0.25, 0.3) is 0 Å². The second-order valence-electron chi connectivity index (χ2n) is 2.91. The van der Waals surface area contributed by atoms with Crippen molar-refractivity contribution in [1.82, 2.24) is 10.6 Å². The van der Waals surface area contributed by atoms with Crippen molar-refractivity contribution in [1.29, 1.82) is 0 Å². The fourth-order valence-corrected chi connectivity index (χ4v) is 1.12. The standard InChI is InChI=1S/C9H20N2O/c1-8(12)9(11-3)6-4-5-7-10-2/h9-11H,4-7H2,1-3H3/i1D. The van der Waals surface area contributed by atoms with E-state index in [4.69, 9.17) is 1.37 Å². The number of hydrogen-bond acceptors (Lipinski definition) is 3. The van der Waals surface area contributed by atoms with Crippen LogP contribution in [0.3, 0.4) is 0 Å². The summed E-state index contributed by atoms with van der Waals surface area (Å²) in [5.74, 6) is -0.00745. The van der Waals surface area contributed by atoms with Crippen molar-refractivity contribution in [2.24, 2.45) is 0 Å². The van der Waals surface area contributed by atoms with Crippen molar-refractivity contribution in [3.8, 4) is 0 Å². The van der Waals surface area contributed by atoms with Crippen LogP contribution in [0.4, 0.5) is 0 Å². The molecule has 0 aliphatic carbocycles. The summed E-state index contributed by atoms with van der Waals surface area (Å²) in [6, 6.07) is -0.116. The van der Waals surface area contributed by atoms with Gasteiger partial charge < -0.3 is 10.6 Å². The van der Waals surface area contributed by atoms with Gasteiger partial charge in [-0.15, -0.1) is 0 Å². The van der Waals surface area contributed by atoms with Crippen LogP contribution in [0.5, 0.6) is 0 Å². The molecule has 0 radical (unpaired) electrons. The molecular formula is C9H20N2O. The van der Waals surface area contributed by atoms with E-state index in [2.05, 4.69) is 10.6 Å². The Labute approximate surface area is 76.3 Å². The van der Waals surface area contributed by atoms with Crippen LogP contribution in [0.1, 0.15) is 27.5 Å². The van der Waals surface area contributed by atoms with Crippen molar-refractivity contribution in [3.63, 3.8) is 0 Å². The Morgan fingerprint density at radius 2 is 2.25 bits per heavy atom. The topological polar surface area (TPSA) is 41.1 Å². The van der Waals surface area contributed by atoms with E-state index in [1.54, 1.807) is 7.05 Å². The highest BCUT2D eigenvalue weighted by Crippen LogP contribution is 2.00. The number of unbranched alkanes of at least 4 members (excludes halogenated alkanes) is 1. The maximum atomic E-state index is 11.1. The zero-order valence-corrected chi connectivity index (χ0v) is 8.02. The molecule has 1 atom stereocenters. The minimum atomic E-state index is -0.116. The van der Waals surface area contributed by atoms with Crippen LogP contribution in [0.2, 0.25) is 0 Å². The molecule has 0 aromatic rings. The third-order valence-electron chi connectivity index (χ3n) is 1.91. The zero-order chi connectivity index (χ0) is 10.1. The average Bonchev–Trinajstić information content (AvgIpc) is 2.17. The number of Topliss-reactive ketones (excluding diaryl/α,β-unsaturated/α-hetero) is 1. The quantitative estimate of drug-likeness (QED) is 0.553. The SMILES string of the molecule is [2H]CC(=O)C(CCCCNC)NC. The highest BCUT2D eigenvalue weighted by atomic mass is 16.1. The second-order valence-corrected chi connectivity index (χ2v) is 2.91. The molecule has 0 aliphatic heterocycles. The van der Waals surface area contributed by atoms with Crippen molar-refractivity contribution < 1.29 is 6.17 Å². The summed E-state index contributed by atoms with van der Waals surface area (Å²) in [6.07, 6.45) is 2.95. The highest BCUT2D eigenvalue weighted by molar-refractivity contribution is 5.81. The van der Waals surface area contributed by atoms with Gasteiger partial charge in [0.05, 0.1) is 6.04 Å². The summed E-state index contributed by atoms with van der Waals surface area (Å²) < 4.78 is 6.96. The molecule has 0 spiro atoms. The van der Waals surface area contributed by atoms with E-state index < -0.39 is 0 Å². The fourth-order valence-electron chi connectivity index (χ4n) is 1.12. The van der Waals surface area contributed by atoms with Gasteiger partial charge in [0.1, 0.15) is 5.78 Å². The molecule has 1 unspecified atom stereocenters. The predicted molar refractivity (Wildman–Crippen MR) is 51.3 cm³/mol. The fraction of sp³-hybridized carbons (Fsp3) is 0.889. The summed E-state index contributed by atoms with van der Waals surface area (Å²) in [7, 11) is 3.70. The van der Waals surface area contributed by atoms with Crippen molar-refractivity contribution in [2.75, 3.05) is 20.6 Å².